The number of alkyl halides is 1. The van der Waals surface area contributed by atoms with E-state index in [1.165, 1.54) is 16.7 Å². The lowest BCUT2D eigenvalue weighted by Gasteiger charge is -2.28. The van der Waals surface area contributed by atoms with E-state index in [1.54, 1.807) is 12.4 Å². The highest BCUT2D eigenvalue weighted by molar-refractivity contribution is 5.83. The van der Waals surface area contributed by atoms with Crippen LogP contribution in [-0.2, 0) is 6.67 Å². The first kappa shape index (κ1) is 21.2. The van der Waals surface area contributed by atoms with E-state index in [4.69, 9.17) is 0 Å². The van der Waals surface area contributed by atoms with Crippen molar-refractivity contribution in [3.63, 3.8) is 0 Å². The highest BCUT2D eigenvalue weighted by atomic mass is 19.1. The molecule has 0 spiro atoms. The fourth-order valence-electron chi connectivity index (χ4n) is 3.82. The van der Waals surface area contributed by atoms with Crippen LogP contribution in [0.2, 0.25) is 0 Å². The number of halogens is 2. The van der Waals surface area contributed by atoms with E-state index < -0.39 is 12.5 Å². The first-order chi connectivity index (χ1) is 14.8. The summed E-state index contributed by atoms with van der Waals surface area (Å²) in [6, 6.07) is 7.51. The summed E-state index contributed by atoms with van der Waals surface area (Å²) in [5, 5.41) is 0.933. The number of pyridine rings is 1. The van der Waals surface area contributed by atoms with Crippen LogP contribution < -0.4 is 4.90 Å². The number of aromatic nitrogens is 4. The monoisotopic (exact) mass is 423 g/mol. The number of anilines is 1. The molecule has 31 heavy (non-hydrogen) atoms. The van der Waals surface area contributed by atoms with Gasteiger partial charge in [-0.05, 0) is 36.1 Å². The Labute approximate surface area is 180 Å². The topological polar surface area (TPSA) is 46.3 Å². The largest absolute Gasteiger partial charge is 0.371 e. The van der Waals surface area contributed by atoms with Crippen LogP contribution >= 0.6 is 0 Å². The Kier molecular flexibility index (Phi) is 5.85. The Bertz CT molecular complexity index is 1210. The Hall–Kier alpha value is -3.09. The lowest BCUT2D eigenvalue weighted by atomic mass is 10.1. The van der Waals surface area contributed by atoms with Crippen LogP contribution in [0.15, 0.2) is 42.9 Å². The molecule has 4 aromatic rings. The maximum absolute atomic E-state index is 14.5. The average Bonchev–Trinajstić information content (AvgIpc) is 3.16. The molecule has 0 radical (unpaired) electrons. The van der Waals surface area contributed by atoms with E-state index in [2.05, 4.69) is 59.7 Å². The molecule has 0 aliphatic carbocycles. The fraction of sp³-hybridized carbons (Fsp3) is 0.375. The molecule has 0 aliphatic heterocycles. The summed E-state index contributed by atoms with van der Waals surface area (Å²) in [5.41, 5.74) is 2.74. The smallest absolute Gasteiger partial charge is 0.173 e. The fourth-order valence-corrected chi connectivity index (χ4v) is 3.82. The van der Waals surface area contributed by atoms with E-state index in [0.717, 1.165) is 29.7 Å². The zero-order valence-corrected chi connectivity index (χ0v) is 18.3. The summed E-state index contributed by atoms with van der Waals surface area (Å²) in [7, 11) is 0. The molecule has 0 unspecified atom stereocenters. The van der Waals surface area contributed by atoms with E-state index in [-0.39, 0.29) is 11.3 Å². The van der Waals surface area contributed by atoms with Crippen molar-refractivity contribution >= 4 is 22.2 Å². The molecule has 1 aromatic carbocycles. The predicted molar refractivity (Wildman–Crippen MR) is 120 cm³/mol. The Morgan fingerprint density at radius 2 is 1.74 bits per heavy atom. The third-order valence-corrected chi connectivity index (χ3v) is 5.05. The summed E-state index contributed by atoms with van der Waals surface area (Å²) in [6.45, 7) is 10.1. The van der Waals surface area contributed by atoms with Crippen LogP contribution in [-0.4, -0.2) is 32.4 Å². The molecule has 0 saturated carbocycles. The summed E-state index contributed by atoms with van der Waals surface area (Å²) in [6.07, 6.45) is 4.92. The maximum atomic E-state index is 14.5. The second kappa shape index (κ2) is 8.57. The molecule has 0 amide bonds. The molecule has 0 fully saturated rings. The molecule has 4 rings (SSSR count). The minimum absolute atomic E-state index is 0.0947. The van der Waals surface area contributed by atoms with Gasteiger partial charge in [0.1, 0.15) is 6.67 Å². The zero-order valence-electron chi connectivity index (χ0n) is 18.3. The molecule has 3 heterocycles. The summed E-state index contributed by atoms with van der Waals surface area (Å²) >= 11 is 0. The minimum Gasteiger partial charge on any atom is -0.371 e. The number of hydrogen-bond acceptors (Lipinski definition) is 4. The van der Waals surface area contributed by atoms with Gasteiger partial charge in [-0.1, -0.05) is 27.7 Å². The summed E-state index contributed by atoms with van der Waals surface area (Å²) < 4.78 is 28.9. The van der Waals surface area contributed by atoms with Gasteiger partial charge >= 0.3 is 0 Å². The third kappa shape index (κ3) is 4.50. The Morgan fingerprint density at radius 3 is 2.42 bits per heavy atom. The van der Waals surface area contributed by atoms with Crippen LogP contribution in [0, 0.1) is 17.7 Å². The number of imidazole rings is 1. The first-order valence-electron chi connectivity index (χ1n) is 10.6. The molecule has 0 aliphatic rings. The van der Waals surface area contributed by atoms with Crippen LogP contribution in [0.5, 0.6) is 0 Å². The minimum atomic E-state index is -0.740. The molecule has 162 valence electrons. The molecule has 7 heteroatoms. The summed E-state index contributed by atoms with van der Waals surface area (Å²) in [5.74, 6) is 0.991. The Morgan fingerprint density at radius 1 is 1.00 bits per heavy atom. The highest BCUT2D eigenvalue weighted by Crippen LogP contribution is 2.26. The van der Waals surface area contributed by atoms with E-state index in [1.807, 2.05) is 6.07 Å². The first-order valence-corrected chi connectivity index (χ1v) is 10.6. The van der Waals surface area contributed by atoms with Crippen LogP contribution in [0.1, 0.15) is 33.4 Å². The average molecular weight is 424 g/mol. The van der Waals surface area contributed by atoms with Crippen molar-refractivity contribution in [2.24, 2.45) is 11.8 Å². The van der Waals surface area contributed by atoms with Gasteiger partial charge in [0.25, 0.3) is 0 Å². The predicted octanol–water partition coefficient (Wildman–Crippen LogP) is 5.67. The number of hydrogen-bond donors (Lipinski definition) is 0. The second-order valence-corrected chi connectivity index (χ2v) is 8.80. The molecule has 3 aromatic heterocycles. The van der Waals surface area contributed by atoms with Gasteiger partial charge in [-0.25, -0.2) is 23.7 Å². The molecule has 5 nitrogen and oxygen atoms in total. The maximum Gasteiger partial charge on any atom is 0.173 e. The van der Waals surface area contributed by atoms with E-state index >= 15 is 0 Å². The van der Waals surface area contributed by atoms with E-state index in [9.17, 15) is 8.78 Å². The van der Waals surface area contributed by atoms with Crippen molar-refractivity contribution in [1.82, 2.24) is 19.4 Å². The van der Waals surface area contributed by atoms with Crippen LogP contribution in [0.25, 0.3) is 27.9 Å². The Balaban J connectivity index is 1.70. The van der Waals surface area contributed by atoms with Crippen molar-refractivity contribution in [3.05, 3.63) is 54.4 Å². The normalized spacial score (nSPS) is 11.9. The van der Waals surface area contributed by atoms with Crippen molar-refractivity contribution in [3.8, 4) is 11.4 Å². The van der Waals surface area contributed by atoms with Crippen LogP contribution in [0.4, 0.5) is 14.5 Å². The molecular weight excluding hydrogens is 396 g/mol. The second-order valence-electron chi connectivity index (χ2n) is 8.80. The van der Waals surface area contributed by atoms with Gasteiger partial charge < -0.3 is 9.30 Å². The lowest BCUT2D eigenvalue weighted by molar-refractivity contribution is 0.477. The van der Waals surface area contributed by atoms with Crippen LogP contribution in [0.3, 0.4) is 0 Å². The van der Waals surface area contributed by atoms with Gasteiger partial charge in [0.05, 0.1) is 11.2 Å². The van der Waals surface area contributed by atoms with Crippen molar-refractivity contribution in [2.75, 3.05) is 18.0 Å². The van der Waals surface area contributed by atoms with Gasteiger partial charge in [0.15, 0.2) is 17.3 Å². The molecule has 0 bridgehead atoms. The number of nitrogens with zero attached hydrogens (tertiary/aromatic N) is 5. The summed E-state index contributed by atoms with van der Waals surface area (Å²) in [4.78, 5) is 15.5. The number of fused-ring (bicyclic) bond motifs is 2. The lowest BCUT2D eigenvalue weighted by Crippen LogP contribution is -2.31. The van der Waals surface area contributed by atoms with Gasteiger partial charge in [0, 0.05) is 48.3 Å². The van der Waals surface area contributed by atoms with Crippen molar-refractivity contribution < 1.29 is 8.78 Å². The van der Waals surface area contributed by atoms with Gasteiger partial charge in [0.2, 0.25) is 0 Å². The van der Waals surface area contributed by atoms with Gasteiger partial charge in [-0.2, -0.15) is 0 Å². The molecule has 0 atom stereocenters. The molecule has 0 saturated heterocycles. The van der Waals surface area contributed by atoms with E-state index in [0.29, 0.717) is 23.2 Å². The number of benzene rings is 1. The SMILES string of the molecule is CC(C)CN(CC(C)C)c1ccc2nc(-c3cc(F)c4nc(CF)cn4c3)ncc2c1. The number of rotatable bonds is 7. The third-order valence-electron chi connectivity index (χ3n) is 5.05. The molecule has 0 N–H and O–H groups in total. The quantitative estimate of drug-likeness (QED) is 0.384. The van der Waals surface area contributed by atoms with Gasteiger partial charge in [-0.3, -0.25) is 0 Å². The molecular formula is C24H27F2N5. The van der Waals surface area contributed by atoms with Crippen molar-refractivity contribution in [2.45, 2.75) is 34.4 Å². The standard InChI is InChI=1S/C24H27F2N5/c1-15(2)11-30(12-16(3)4)20-5-6-22-17(7-20)10-27-23(29-22)18-8-21(26)24-28-19(9-25)14-31(24)13-18/h5-8,10,13-16H,9,11-12H2,1-4H3. The zero-order chi connectivity index (χ0) is 22.1. The van der Waals surface area contributed by atoms with Crippen molar-refractivity contribution in [1.29, 1.82) is 0 Å². The van der Waals surface area contributed by atoms with Gasteiger partial charge in [-0.15, -0.1) is 0 Å². The highest BCUT2D eigenvalue weighted by Gasteiger charge is 2.14.